The van der Waals surface area contributed by atoms with Crippen LogP contribution < -0.4 is 11.1 Å². The molecule has 0 aromatic rings. The molecule has 0 aromatic carbocycles. The third kappa shape index (κ3) is 3.64. The normalized spacial score (nSPS) is 29.6. The van der Waals surface area contributed by atoms with E-state index < -0.39 is 6.10 Å². The van der Waals surface area contributed by atoms with Crippen LogP contribution in [-0.4, -0.2) is 29.7 Å². The smallest absolute Gasteiger partial charge is 0.223 e. The minimum atomic E-state index is -0.476. The predicted molar refractivity (Wildman–Crippen MR) is 54.6 cm³/mol. The van der Waals surface area contributed by atoms with E-state index in [2.05, 4.69) is 5.32 Å². The second-order valence-corrected chi connectivity index (χ2v) is 4.22. The summed E-state index contributed by atoms with van der Waals surface area (Å²) < 4.78 is 0. The van der Waals surface area contributed by atoms with E-state index in [1.54, 1.807) is 6.92 Å². The molecule has 4 nitrogen and oxygen atoms in total. The molecule has 14 heavy (non-hydrogen) atoms. The first-order chi connectivity index (χ1) is 6.59. The summed E-state index contributed by atoms with van der Waals surface area (Å²) in [5, 5.41) is 11.7. The van der Waals surface area contributed by atoms with Crippen LogP contribution in [0.15, 0.2) is 0 Å². The summed E-state index contributed by atoms with van der Waals surface area (Å²) in [6, 6.07) is 0.172. The number of rotatable bonds is 3. The number of carbonyl (C=O) groups excluding carboxylic acids is 1. The summed E-state index contributed by atoms with van der Waals surface area (Å²) in [5.41, 5.74) is 5.79. The van der Waals surface area contributed by atoms with Crippen LogP contribution in [0.5, 0.6) is 0 Å². The zero-order valence-electron chi connectivity index (χ0n) is 8.70. The Kier molecular flexibility index (Phi) is 4.35. The van der Waals surface area contributed by atoms with Crippen LogP contribution in [-0.2, 0) is 4.79 Å². The predicted octanol–water partition coefficient (Wildman–Crippen LogP) is 0.000900. The van der Waals surface area contributed by atoms with Gasteiger partial charge < -0.3 is 16.2 Å². The van der Waals surface area contributed by atoms with Gasteiger partial charge in [0, 0.05) is 18.5 Å². The fourth-order valence-corrected chi connectivity index (χ4v) is 1.86. The zero-order chi connectivity index (χ0) is 10.6. The first-order valence-corrected chi connectivity index (χ1v) is 5.31. The molecule has 4 N–H and O–H groups in total. The van der Waals surface area contributed by atoms with Crippen molar-refractivity contribution in [3.8, 4) is 0 Å². The Morgan fingerprint density at radius 3 is 2.93 bits per heavy atom. The van der Waals surface area contributed by atoms with Gasteiger partial charge in [0.2, 0.25) is 5.91 Å². The Morgan fingerprint density at radius 2 is 2.36 bits per heavy atom. The van der Waals surface area contributed by atoms with E-state index in [1.165, 1.54) is 0 Å². The van der Waals surface area contributed by atoms with Crippen molar-refractivity contribution in [2.75, 3.05) is 6.54 Å². The van der Waals surface area contributed by atoms with Crippen LogP contribution in [0.2, 0.25) is 0 Å². The molecule has 82 valence electrons. The van der Waals surface area contributed by atoms with Crippen molar-refractivity contribution in [1.82, 2.24) is 5.32 Å². The number of hydrogen-bond acceptors (Lipinski definition) is 3. The Morgan fingerprint density at radius 1 is 1.64 bits per heavy atom. The molecule has 4 heteroatoms. The molecule has 0 saturated heterocycles. The maximum absolute atomic E-state index is 11.6. The molecule has 1 fully saturated rings. The molecule has 2 unspecified atom stereocenters. The topological polar surface area (TPSA) is 75.3 Å². The number of nitrogens with one attached hydrogen (secondary N) is 1. The molecule has 1 aliphatic rings. The van der Waals surface area contributed by atoms with Gasteiger partial charge in [0.1, 0.15) is 0 Å². The zero-order valence-corrected chi connectivity index (χ0v) is 8.70. The molecule has 3 atom stereocenters. The molecule has 1 aliphatic carbocycles. The first-order valence-electron chi connectivity index (χ1n) is 5.31. The minimum absolute atomic E-state index is 0.0426. The van der Waals surface area contributed by atoms with E-state index in [1.807, 2.05) is 0 Å². The molecule has 1 saturated carbocycles. The average molecular weight is 200 g/mol. The van der Waals surface area contributed by atoms with Gasteiger partial charge in [0.05, 0.1) is 6.10 Å². The number of aliphatic hydroxyl groups excluding tert-OH is 1. The van der Waals surface area contributed by atoms with Crippen molar-refractivity contribution < 1.29 is 9.90 Å². The fourth-order valence-electron chi connectivity index (χ4n) is 1.86. The van der Waals surface area contributed by atoms with Crippen LogP contribution in [0.25, 0.3) is 0 Å². The Hall–Kier alpha value is -0.610. The number of aliphatic hydroxyl groups is 1. The van der Waals surface area contributed by atoms with E-state index >= 15 is 0 Å². The van der Waals surface area contributed by atoms with Gasteiger partial charge in [-0.2, -0.15) is 0 Å². The largest absolute Gasteiger partial charge is 0.392 e. The summed E-state index contributed by atoms with van der Waals surface area (Å²) in [6.45, 7) is 2.00. The number of carbonyl (C=O) groups is 1. The van der Waals surface area contributed by atoms with Gasteiger partial charge in [-0.25, -0.2) is 0 Å². The van der Waals surface area contributed by atoms with Gasteiger partial charge in [-0.1, -0.05) is 6.42 Å². The van der Waals surface area contributed by atoms with Crippen LogP contribution in [0.3, 0.4) is 0 Å². The highest BCUT2D eigenvalue weighted by molar-refractivity contribution is 5.78. The van der Waals surface area contributed by atoms with Gasteiger partial charge in [-0.3, -0.25) is 4.79 Å². The van der Waals surface area contributed by atoms with Crippen molar-refractivity contribution in [1.29, 1.82) is 0 Å². The maximum Gasteiger partial charge on any atom is 0.223 e. The monoisotopic (exact) mass is 200 g/mol. The summed E-state index contributed by atoms with van der Waals surface area (Å²) >= 11 is 0. The number of hydrogen-bond donors (Lipinski definition) is 3. The second-order valence-electron chi connectivity index (χ2n) is 4.22. The lowest BCUT2D eigenvalue weighted by Crippen LogP contribution is -2.40. The molecular weight excluding hydrogens is 180 g/mol. The summed E-state index contributed by atoms with van der Waals surface area (Å²) in [5.74, 6) is 0.0959. The van der Waals surface area contributed by atoms with Crippen LogP contribution >= 0.6 is 0 Å². The lowest BCUT2D eigenvalue weighted by Gasteiger charge is -2.25. The van der Waals surface area contributed by atoms with E-state index in [4.69, 9.17) is 10.8 Å². The van der Waals surface area contributed by atoms with E-state index in [9.17, 15) is 4.79 Å². The van der Waals surface area contributed by atoms with Gasteiger partial charge in [-0.15, -0.1) is 0 Å². The van der Waals surface area contributed by atoms with Gasteiger partial charge in [0.15, 0.2) is 0 Å². The summed E-state index contributed by atoms with van der Waals surface area (Å²) in [4.78, 5) is 11.6. The third-order valence-corrected chi connectivity index (χ3v) is 2.66. The minimum Gasteiger partial charge on any atom is -0.392 e. The van der Waals surface area contributed by atoms with E-state index in [-0.39, 0.29) is 17.9 Å². The van der Waals surface area contributed by atoms with E-state index in [0.717, 1.165) is 25.7 Å². The average Bonchev–Trinajstić information content (AvgIpc) is 2.14. The highest BCUT2D eigenvalue weighted by Crippen LogP contribution is 2.22. The standard InChI is InChI=1S/C10H20N2O2/c1-7(13)6-12-10(14)8-3-2-4-9(11)5-8/h7-9,13H,2-6,11H2,1H3,(H,12,14)/t7-,8?,9?/m0/s1. The fraction of sp³-hybridized carbons (Fsp3) is 0.900. The molecule has 0 aromatic heterocycles. The Labute approximate surface area is 84.9 Å². The van der Waals surface area contributed by atoms with Crippen molar-refractivity contribution >= 4 is 5.91 Å². The van der Waals surface area contributed by atoms with E-state index in [0.29, 0.717) is 6.54 Å². The van der Waals surface area contributed by atoms with Gasteiger partial charge in [0.25, 0.3) is 0 Å². The quantitative estimate of drug-likeness (QED) is 0.600. The highest BCUT2D eigenvalue weighted by atomic mass is 16.3. The summed E-state index contributed by atoms with van der Waals surface area (Å²) in [7, 11) is 0. The molecule has 1 amide bonds. The second kappa shape index (κ2) is 5.32. The maximum atomic E-state index is 11.6. The van der Waals surface area contributed by atoms with Crippen molar-refractivity contribution in [3.63, 3.8) is 0 Å². The SMILES string of the molecule is C[C@H](O)CNC(=O)C1CCCC(N)C1. The van der Waals surface area contributed by atoms with Crippen molar-refractivity contribution in [2.24, 2.45) is 11.7 Å². The number of nitrogens with two attached hydrogens (primary N) is 1. The van der Waals surface area contributed by atoms with Crippen LogP contribution in [0.4, 0.5) is 0 Å². The molecule has 0 radical (unpaired) electrons. The molecular formula is C10H20N2O2. The first kappa shape index (κ1) is 11.5. The van der Waals surface area contributed by atoms with Gasteiger partial charge >= 0.3 is 0 Å². The molecule has 0 heterocycles. The molecule has 0 spiro atoms. The number of amides is 1. The van der Waals surface area contributed by atoms with Crippen LogP contribution in [0, 0.1) is 5.92 Å². The lowest BCUT2D eigenvalue weighted by atomic mass is 9.85. The van der Waals surface area contributed by atoms with Crippen molar-refractivity contribution in [3.05, 3.63) is 0 Å². The molecule has 0 aliphatic heterocycles. The summed E-state index contributed by atoms with van der Waals surface area (Å²) in [6.07, 6.45) is 3.30. The van der Waals surface area contributed by atoms with Crippen LogP contribution in [0.1, 0.15) is 32.6 Å². The molecule has 0 bridgehead atoms. The Bertz CT molecular complexity index is 195. The van der Waals surface area contributed by atoms with Gasteiger partial charge in [-0.05, 0) is 26.2 Å². The lowest BCUT2D eigenvalue weighted by molar-refractivity contribution is -0.126. The Balaban J connectivity index is 2.29. The third-order valence-electron chi connectivity index (χ3n) is 2.66. The highest BCUT2D eigenvalue weighted by Gasteiger charge is 2.24. The molecule has 1 rings (SSSR count). The van der Waals surface area contributed by atoms with Crippen molar-refractivity contribution in [2.45, 2.75) is 44.8 Å².